The first-order valence-corrected chi connectivity index (χ1v) is 9.62. The molecule has 1 aliphatic rings. The Labute approximate surface area is 168 Å². The second-order valence-electron chi connectivity index (χ2n) is 7.18. The van der Waals surface area contributed by atoms with Crippen LogP contribution in [0.1, 0.15) is 19.4 Å². The lowest BCUT2D eigenvalue weighted by molar-refractivity contribution is -0.0714. The van der Waals surface area contributed by atoms with Crippen LogP contribution < -0.4 is 5.32 Å². The summed E-state index contributed by atoms with van der Waals surface area (Å²) in [7, 11) is 0. The Hall–Kier alpha value is -2.59. The largest absolute Gasteiger partial charge is 0.381 e. The third kappa shape index (κ3) is 4.54. The first-order valence-electron chi connectivity index (χ1n) is 9.62. The van der Waals surface area contributed by atoms with Crippen LogP contribution >= 0.6 is 0 Å². The van der Waals surface area contributed by atoms with E-state index in [-0.39, 0.29) is 18.1 Å². The number of piperazine rings is 1. The predicted octanol–water partition coefficient (Wildman–Crippen LogP) is 1.18. The zero-order valence-corrected chi connectivity index (χ0v) is 16.6. The quantitative estimate of drug-likeness (QED) is 0.750. The van der Waals surface area contributed by atoms with Crippen LogP contribution in [-0.4, -0.2) is 74.5 Å². The number of halogens is 2. The smallest absolute Gasteiger partial charge is 0.317 e. The summed E-state index contributed by atoms with van der Waals surface area (Å²) >= 11 is 0. The number of urea groups is 1. The Balaban J connectivity index is 1.83. The highest BCUT2D eigenvalue weighted by Gasteiger charge is 2.42. The monoisotopic (exact) mass is 408 g/mol. The molecule has 1 aliphatic heterocycles. The van der Waals surface area contributed by atoms with Crippen molar-refractivity contribution in [3.63, 3.8) is 0 Å². The number of rotatable bonds is 6. The summed E-state index contributed by atoms with van der Waals surface area (Å²) in [5, 5.41) is 18.4. The molecular weight excluding hydrogens is 382 g/mol. The van der Waals surface area contributed by atoms with Crippen molar-refractivity contribution in [2.45, 2.75) is 32.0 Å². The van der Waals surface area contributed by atoms with Crippen molar-refractivity contribution >= 4 is 6.03 Å². The Morgan fingerprint density at radius 3 is 2.62 bits per heavy atom. The Morgan fingerprint density at radius 2 is 2.03 bits per heavy atom. The van der Waals surface area contributed by atoms with Gasteiger partial charge in [0.2, 0.25) is 0 Å². The lowest BCUT2D eigenvalue weighted by Gasteiger charge is -2.44. The number of benzene rings is 1. The average Bonchev–Trinajstić information content (AvgIpc) is 3.20. The summed E-state index contributed by atoms with van der Waals surface area (Å²) in [5.74, 6) is -1.53. The van der Waals surface area contributed by atoms with Gasteiger partial charge in [0.15, 0.2) is 0 Å². The molecule has 1 fully saturated rings. The zero-order valence-electron chi connectivity index (χ0n) is 16.6. The summed E-state index contributed by atoms with van der Waals surface area (Å²) in [6, 6.07) is 2.51. The van der Waals surface area contributed by atoms with Crippen molar-refractivity contribution in [3.05, 3.63) is 48.1 Å². The Bertz CT molecular complexity index is 826. The van der Waals surface area contributed by atoms with Gasteiger partial charge in [0.1, 0.15) is 29.9 Å². The van der Waals surface area contributed by atoms with Gasteiger partial charge < -0.3 is 15.3 Å². The molecule has 0 bridgehead atoms. The van der Waals surface area contributed by atoms with Crippen LogP contribution in [0.15, 0.2) is 30.9 Å². The van der Waals surface area contributed by atoms with Gasteiger partial charge in [-0.25, -0.2) is 23.2 Å². The van der Waals surface area contributed by atoms with Crippen molar-refractivity contribution in [3.8, 4) is 0 Å². The molecule has 0 spiro atoms. The minimum Gasteiger partial charge on any atom is -0.381 e. The third-order valence-corrected chi connectivity index (χ3v) is 5.44. The van der Waals surface area contributed by atoms with E-state index in [1.165, 1.54) is 23.4 Å². The molecule has 29 heavy (non-hydrogen) atoms. The number of hydrogen-bond acceptors (Lipinski definition) is 5. The highest BCUT2D eigenvalue weighted by atomic mass is 19.1. The van der Waals surface area contributed by atoms with Gasteiger partial charge in [-0.1, -0.05) is 6.07 Å². The fourth-order valence-corrected chi connectivity index (χ4v) is 3.72. The molecule has 8 nitrogen and oxygen atoms in total. The second kappa shape index (κ2) is 8.83. The van der Waals surface area contributed by atoms with Gasteiger partial charge in [-0.3, -0.25) is 4.90 Å². The topological polar surface area (TPSA) is 86.5 Å². The molecule has 2 amide bonds. The zero-order chi connectivity index (χ0) is 21.0. The lowest BCUT2D eigenvalue weighted by atomic mass is 9.85. The van der Waals surface area contributed by atoms with Crippen molar-refractivity contribution in [1.29, 1.82) is 0 Å². The van der Waals surface area contributed by atoms with Crippen molar-refractivity contribution < 1.29 is 18.7 Å². The minimum atomic E-state index is -1.68. The lowest BCUT2D eigenvalue weighted by Crippen LogP contribution is -2.59. The molecule has 2 N–H and O–H groups in total. The highest BCUT2D eigenvalue weighted by molar-refractivity contribution is 5.74. The van der Waals surface area contributed by atoms with Gasteiger partial charge in [0, 0.05) is 50.4 Å². The fourth-order valence-electron chi connectivity index (χ4n) is 3.72. The summed E-state index contributed by atoms with van der Waals surface area (Å²) in [5.41, 5.74) is -1.69. The maximum atomic E-state index is 14.6. The second-order valence-corrected chi connectivity index (χ2v) is 7.18. The number of aliphatic hydroxyl groups is 1. The number of carbonyl (C=O) groups excluding carboxylic acids is 1. The van der Waals surface area contributed by atoms with Gasteiger partial charge in [0.25, 0.3) is 0 Å². The molecule has 0 unspecified atom stereocenters. The van der Waals surface area contributed by atoms with Gasteiger partial charge in [0.05, 0.1) is 6.54 Å². The van der Waals surface area contributed by atoms with Gasteiger partial charge >= 0.3 is 6.03 Å². The van der Waals surface area contributed by atoms with Crippen LogP contribution in [0, 0.1) is 11.6 Å². The fraction of sp³-hybridized carbons (Fsp3) is 0.526. The molecule has 1 saturated heterocycles. The van der Waals surface area contributed by atoms with Crippen LogP contribution in [0.3, 0.4) is 0 Å². The molecule has 1 aromatic carbocycles. The summed E-state index contributed by atoms with van der Waals surface area (Å²) in [6.45, 7) is 6.16. The first kappa shape index (κ1) is 21.1. The van der Waals surface area contributed by atoms with Gasteiger partial charge in [-0.2, -0.15) is 5.10 Å². The van der Waals surface area contributed by atoms with Crippen molar-refractivity contribution in [2.24, 2.45) is 0 Å². The van der Waals surface area contributed by atoms with Gasteiger partial charge in [-0.05, 0) is 19.9 Å². The van der Waals surface area contributed by atoms with Crippen LogP contribution in [0.25, 0.3) is 0 Å². The molecule has 10 heteroatoms. The number of aromatic nitrogens is 3. The molecule has 158 valence electrons. The number of nitrogens with zero attached hydrogens (tertiary/aromatic N) is 5. The average molecular weight is 408 g/mol. The molecule has 0 radical (unpaired) electrons. The van der Waals surface area contributed by atoms with Crippen LogP contribution in [0.4, 0.5) is 13.6 Å². The minimum absolute atomic E-state index is 0.00643. The van der Waals surface area contributed by atoms with E-state index in [0.717, 1.165) is 12.1 Å². The molecule has 0 saturated carbocycles. The van der Waals surface area contributed by atoms with E-state index in [1.54, 1.807) is 11.8 Å². The van der Waals surface area contributed by atoms with Crippen LogP contribution in [-0.2, 0) is 12.1 Å². The number of carbonyl (C=O) groups is 1. The maximum absolute atomic E-state index is 14.6. The SMILES string of the molecule is CCNC(=O)N1CCN([C@H](C)[C@](O)(Cn2cncn2)c2ccc(F)cc2F)CC1. The molecular formula is C19H26F2N6O2. The summed E-state index contributed by atoms with van der Waals surface area (Å²) in [6.07, 6.45) is 2.77. The Kier molecular flexibility index (Phi) is 6.43. The van der Waals surface area contributed by atoms with E-state index in [1.807, 2.05) is 11.8 Å². The first-order chi connectivity index (χ1) is 13.8. The van der Waals surface area contributed by atoms with Crippen molar-refractivity contribution in [2.75, 3.05) is 32.7 Å². The molecule has 2 heterocycles. The van der Waals surface area contributed by atoms with E-state index in [0.29, 0.717) is 32.7 Å². The van der Waals surface area contributed by atoms with Crippen molar-refractivity contribution in [1.82, 2.24) is 29.9 Å². The van der Waals surface area contributed by atoms with Crippen LogP contribution in [0.5, 0.6) is 0 Å². The maximum Gasteiger partial charge on any atom is 0.317 e. The standard InChI is InChI=1S/C19H26F2N6O2/c1-3-23-18(28)26-8-6-25(7-9-26)14(2)19(29,11-27-13-22-12-24-27)16-5-4-15(20)10-17(16)21/h4-5,10,12-14,29H,3,6-9,11H2,1-2H3,(H,23,28)/t14-,19-/m1/s1. The predicted molar refractivity (Wildman–Crippen MR) is 102 cm³/mol. The van der Waals surface area contributed by atoms with E-state index in [2.05, 4.69) is 15.4 Å². The Morgan fingerprint density at radius 1 is 1.31 bits per heavy atom. The molecule has 0 aliphatic carbocycles. The number of amides is 2. The molecule has 1 aromatic heterocycles. The van der Waals surface area contributed by atoms with E-state index in [9.17, 15) is 18.7 Å². The summed E-state index contributed by atoms with van der Waals surface area (Å²) < 4.78 is 29.5. The summed E-state index contributed by atoms with van der Waals surface area (Å²) in [4.78, 5) is 19.6. The van der Waals surface area contributed by atoms with E-state index < -0.39 is 23.3 Å². The third-order valence-electron chi connectivity index (χ3n) is 5.44. The van der Waals surface area contributed by atoms with Crippen LogP contribution in [0.2, 0.25) is 0 Å². The van der Waals surface area contributed by atoms with E-state index in [4.69, 9.17) is 0 Å². The normalized spacial score (nSPS) is 18.3. The van der Waals surface area contributed by atoms with Gasteiger partial charge in [-0.15, -0.1) is 0 Å². The van der Waals surface area contributed by atoms with E-state index >= 15 is 0 Å². The molecule has 3 rings (SSSR count). The molecule has 2 atom stereocenters. The number of hydrogen-bond donors (Lipinski definition) is 2. The highest BCUT2D eigenvalue weighted by Crippen LogP contribution is 2.33. The number of nitrogens with one attached hydrogen (secondary N) is 1. The molecule has 2 aromatic rings.